The van der Waals surface area contributed by atoms with Crippen molar-refractivity contribution in [2.75, 3.05) is 5.73 Å². The van der Waals surface area contributed by atoms with Crippen LogP contribution in [0.25, 0.3) is 0 Å². The van der Waals surface area contributed by atoms with Crippen molar-refractivity contribution in [1.29, 1.82) is 0 Å². The molecule has 0 saturated carbocycles. The molecule has 0 atom stereocenters. The fourth-order valence-electron chi connectivity index (χ4n) is 1.31. The van der Waals surface area contributed by atoms with Gasteiger partial charge >= 0.3 is 0 Å². The van der Waals surface area contributed by atoms with E-state index in [2.05, 4.69) is 52.8 Å². The molecule has 0 aliphatic heterocycles. The van der Waals surface area contributed by atoms with Crippen LogP contribution in [0.3, 0.4) is 0 Å². The van der Waals surface area contributed by atoms with Crippen LogP contribution in [0, 0.1) is 0 Å². The maximum Gasteiger partial charge on any atom is 0.149 e. The van der Waals surface area contributed by atoms with Crippen LogP contribution in [0.5, 0.6) is 0 Å². The lowest BCUT2D eigenvalue weighted by Crippen LogP contribution is -2.22. The van der Waals surface area contributed by atoms with Gasteiger partial charge in [-0.15, -0.1) is 0 Å². The highest BCUT2D eigenvalue weighted by Gasteiger charge is 2.23. The van der Waals surface area contributed by atoms with Gasteiger partial charge in [-0.1, -0.05) is 20.8 Å². The lowest BCUT2D eigenvalue weighted by atomic mass is 9.89. The summed E-state index contributed by atoms with van der Waals surface area (Å²) < 4.78 is 1.93. The maximum absolute atomic E-state index is 5.89. The average Bonchev–Trinajstić information content (AvgIpc) is 2.27. The summed E-state index contributed by atoms with van der Waals surface area (Å²) in [6, 6.07) is 0. The smallest absolute Gasteiger partial charge is 0.149 e. The van der Waals surface area contributed by atoms with E-state index >= 15 is 0 Å². The monoisotopic (exact) mass is 195 g/mol. The van der Waals surface area contributed by atoms with Gasteiger partial charge in [0.1, 0.15) is 5.82 Å². The molecule has 1 aromatic rings. The number of nitrogens with two attached hydrogens (primary N) is 1. The van der Waals surface area contributed by atoms with Crippen molar-refractivity contribution in [2.24, 2.45) is 0 Å². The predicted molar refractivity (Wildman–Crippen MR) is 60.3 cm³/mol. The van der Waals surface area contributed by atoms with E-state index in [0.717, 1.165) is 5.56 Å². The minimum atomic E-state index is -0.00236. The Kier molecular flexibility index (Phi) is 2.38. The first-order chi connectivity index (χ1) is 6.12. The van der Waals surface area contributed by atoms with Gasteiger partial charge in [0, 0.05) is 11.8 Å². The number of nitrogen functional groups attached to an aromatic ring is 1. The Morgan fingerprint density at radius 2 is 1.64 bits per heavy atom. The van der Waals surface area contributed by atoms with Crippen LogP contribution in [0.15, 0.2) is 6.20 Å². The second kappa shape index (κ2) is 3.01. The molecule has 1 heterocycles. The third-order valence-electron chi connectivity index (χ3n) is 2.24. The summed E-state index contributed by atoms with van der Waals surface area (Å²) in [6.45, 7) is 12.8. The van der Waals surface area contributed by atoms with Crippen LogP contribution in [0.1, 0.15) is 47.1 Å². The summed E-state index contributed by atoms with van der Waals surface area (Å²) in [4.78, 5) is 0. The summed E-state index contributed by atoms with van der Waals surface area (Å²) >= 11 is 0. The van der Waals surface area contributed by atoms with Gasteiger partial charge in [-0.3, -0.25) is 4.68 Å². The molecular formula is C11H21N3. The molecule has 14 heavy (non-hydrogen) atoms. The normalized spacial score (nSPS) is 13.3. The van der Waals surface area contributed by atoms with Crippen LogP contribution >= 0.6 is 0 Å². The number of anilines is 1. The number of rotatable bonds is 0. The van der Waals surface area contributed by atoms with E-state index < -0.39 is 0 Å². The molecule has 3 nitrogen and oxygen atoms in total. The highest BCUT2D eigenvalue weighted by molar-refractivity contribution is 5.42. The van der Waals surface area contributed by atoms with Gasteiger partial charge in [0.2, 0.25) is 0 Å². The molecule has 0 spiro atoms. The standard InChI is InChI=1S/C11H21N3/c1-10(2,3)8-7-14(11(4,5)6)13-9(8)12/h7H,1-6H3,(H2,12,13). The molecule has 1 aromatic heterocycles. The summed E-state index contributed by atoms with van der Waals surface area (Å²) in [5.41, 5.74) is 7.07. The minimum absolute atomic E-state index is 0.00236. The lowest BCUT2D eigenvalue weighted by Gasteiger charge is -2.20. The van der Waals surface area contributed by atoms with Gasteiger partial charge in [0.15, 0.2) is 0 Å². The lowest BCUT2D eigenvalue weighted by molar-refractivity contribution is 0.355. The van der Waals surface area contributed by atoms with Gasteiger partial charge in [0.05, 0.1) is 5.54 Å². The second-order valence-electron chi connectivity index (χ2n) is 5.79. The molecule has 3 heteroatoms. The third kappa shape index (κ3) is 2.08. The number of hydrogen-bond acceptors (Lipinski definition) is 2. The highest BCUT2D eigenvalue weighted by atomic mass is 15.3. The summed E-state index contributed by atoms with van der Waals surface area (Å²) in [7, 11) is 0. The molecule has 0 amide bonds. The Bertz CT molecular complexity index is 323. The van der Waals surface area contributed by atoms with Gasteiger partial charge in [0.25, 0.3) is 0 Å². The predicted octanol–water partition coefficient (Wildman–Crippen LogP) is 2.52. The topological polar surface area (TPSA) is 43.8 Å². The van der Waals surface area contributed by atoms with Crippen molar-refractivity contribution in [3.8, 4) is 0 Å². The SMILES string of the molecule is CC(C)(C)c1cn(C(C)(C)C)nc1N. The van der Waals surface area contributed by atoms with E-state index in [1.807, 2.05) is 4.68 Å². The van der Waals surface area contributed by atoms with Crippen LogP contribution in [0.2, 0.25) is 0 Å². The van der Waals surface area contributed by atoms with E-state index in [-0.39, 0.29) is 11.0 Å². The quantitative estimate of drug-likeness (QED) is 0.691. The average molecular weight is 195 g/mol. The molecule has 0 aliphatic rings. The largest absolute Gasteiger partial charge is 0.382 e. The molecule has 0 radical (unpaired) electrons. The van der Waals surface area contributed by atoms with Gasteiger partial charge in [-0.2, -0.15) is 5.10 Å². The third-order valence-corrected chi connectivity index (χ3v) is 2.24. The molecule has 80 valence electrons. The fourth-order valence-corrected chi connectivity index (χ4v) is 1.31. The Balaban J connectivity index is 3.19. The Labute approximate surface area is 86.3 Å². The molecule has 0 unspecified atom stereocenters. The van der Waals surface area contributed by atoms with Crippen molar-refractivity contribution < 1.29 is 0 Å². The molecule has 0 bridgehead atoms. The minimum Gasteiger partial charge on any atom is -0.382 e. The first kappa shape index (κ1) is 11.1. The van der Waals surface area contributed by atoms with Crippen LogP contribution in [-0.4, -0.2) is 9.78 Å². The Morgan fingerprint density at radius 1 is 1.14 bits per heavy atom. The van der Waals surface area contributed by atoms with Crippen molar-refractivity contribution in [3.63, 3.8) is 0 Å². The Hall–Kier alpha value is -0.990. The molecule has 1 rings (SSSR count). The van der Waals surface area contributed by atoms with E-state index in [4.69, 9.17) is 5.73 Å². The van der Waals surface area contributed by atoms with Crippen LogP contribution in [0.4, 0.5) is 5.82 Å². The van der Waals surface area contributed by atoms with Crippen molar-refractivity contribution in [3.05, 3.63) is 11.8 Å². The second-order valence-corrected chi connectivity index (χ2v) is 5.79. The van der Waals surface area contributed by atoms with Gasteiger partial charge in [-0.05, 0) is 26.2 Å². The van der Waals surface area contributed by atoms with E-state index in [0.29, 0.717) is 5.82 Å². The van der Waals surface area contributed by atoms with Gasteiger partial charge in [-0.25, -0.2) is 0 Å². The first-order valence-electron chi connectivity index (χ1n) is 4.98. The summed E-state index contributed by atoms with van der Waals surface area (Å²) in [5.74, 6) is 0.646. The first-order valence-corrected chi connectivity index (χ1v) is 4.98. The zero-order valence-corrected chi connectivity index (χ0v) is 10.0. The number of hydrogen-bond donors (Lipinski definition) is 1. The van der Waals surface area contributed by atoms with Crippen molar-refractivity contribution >= 4 is 5.82 Å². The number of nitrogens with zero attached hydrogens (tertiary/aromatic N) is 2. The fraction of sp³-hybridized carbons (Fsp3) is 0.727. The van der Waals surface area contributed by atoms with Crippen LogP contribution in [-0.2, 0) is 11.0 Å². The molecule has 0 fully saturated rings. The highest BCUT2D eigenvalue weighted by Crippen LogP contribution is 2.28. The van der Waals surface area contributed by atoms with Gasteiger partial charge < -0.3 is 5.73 Å². The van der Waals surface area contributed by atoms with Crippen molar-refractivity contribution in [2.45, 2.75) is 52.5 Å². The molecule has 2 N–H and O–H groups in total. The molecular weight excluding hydrogens is 174 g/mol. The van der Waals surface area contributed by atoms with Crippen LogP contribution < -0.4 is 5.73 Å². The molecule has 0 saturated heterocycles. The summed E-state index contributed by atoms with van der Waals surface area (Å²) in [6.07, 6.45) is 2.05. The van der Waals surface area contributed by atoms with E-state index in [1.165, 1.54) is 0 Å². The molecule has 0 aromatic carbocycles. The van der Waals surface area contributed by atoms with E-state index in [1.54, 1.807) is 0 Å². The zero-order chi connectivity index (χ0) is 11.1. The summed E-state index contributed by atoms with van der Waals surface area (Å²) in [5, 5.41) is 4.34. The van der Waals surface area contributed by atoms with E-state index in [9.17, 15) is 0 Å². The Morgan fingerprint density at radius 3 is 1.86 bits per heavy atom. The number of aromatic nitrogens is 2. The van der Waals surface area contributed by atoms with Crippen molar-refractivity contribution in [1.82, 2.24) is 9.78 Å². The maximum atomic E-state index is 5.89. The zero-order valence-electron chi connectivity index (χ0n) is 10.0. The molecule has 0 aliphatic carbocycles.